The maximum atomic E-state index is 11.2. The summed E-state index contributed by atoms with van der Waals surface area (Å²) in [5.41, 5.74) is 1.18. The zero-order valence-electron chi connectivity index (χ0n) is 10.2. The van der Waals surface area contributed by atoms with E-state index in [-0.39, 0.29) is 12.0 Å². The van der Waals surface area contributed by atoms with Gasteiger partial charge in [-0.2, -0.15) is 0 Å². The fourth-order valence-electron chi connectivity index (χ4n) is 2.57. The first-order valence-corrected chi connectivity index (χ1v) is 7.17. The summed E-state index contributed by atoms with van der Waals surface area (Å²) in [5, 5.41) is 12.6. The average molecular weight is 312 g/mol. The van der Waals surface area contributed by atoms with Crippen LogP contribution in [0, 0.1) is 5.92 Å². The topological polar surface area (TPSA) is 49.3 Å². The summed E-state index contributed by atoms with van der Waals surface area (Å²) in [7, 11) is 0. The summed E-state index contributed by atoms with van der Waals surface area (Å²) in [6.07, 6.45) is 3.92. The van der Waals surface area contributed by atoms with Crippen LogP contribution < -0.4 is 5.32 Å². The fraction of sp³-hybridized carbons (Fsp3) is 0.500. The molecule has 0 aromatic heterocycles. The molecule has 1 fully saturated rings. The van der Waals surface area contributed by atoms with Crippen molar-refractivity contribution in [3.63, 3.8) is 0 Å². The van der Waals surface area contributed by atoms with Gasteiger partial charge in [0.25, 0.3) is 0 Å². The number of benzene rings is 1. The van der Waals surface area contributed by atoms with Crippen molar-refractivity contribution in [3.8, 4) is 0 Å². The van der Waals surface area contributed by atoms with Gasteiger partial charge in [-0.15, -0.1) is 0 Å². The molecule has 1 aliphatic carbocycles. The second-order valence-electron chi connectivity index (χ2n) is 4.85. The van der Waals surface area contributed by atoms with Gasteiger partial charge in [0, 0.05) is 17.1 Å². The summed E-state index contributed by atoms with van der Waals surface area (Å²) in [6, 6.07) is 8.21. The van der Waals surface area contributed by atoms with Crippen molar-refractivity contribution in [1.82, 2.24) is 5.32 Å². The number of aliphatic carboxylic acids is 1. The van der Waals surface area contributed by atoms with Crippen LogP contribution in [0.4, 0.5) is 0 Å². The predicted molar refractivity (Wildman–Crippen MR) is 74.4 cm³/mol. The molecule has 2 atom stereocenters. The first-order valence-electron chi connectivity index (χ1n) is 6.37. The van der Waals surface area contributed by atoms with Crippen LogP contribution >= 0.6 is 15.9 Å². The Kier molecular flexibility index (Phi) is 4.78. The molecule has 18 heavy (non-hydrogen) atoms. The maximum absolute atomic E-state index is 11.2. The number of carbonyl (C=O) groups is 1. The molecule has 1 aromatic rings. The standard InChI is InChI=1S/C14H18BrNO2/c15-11-5-3-4-10(8-11)9-16-13-7-2-1-6-12(13)14(17)18/h3-5,8,12-13,16H,1-2,6-7,9H2,(H,17,18)/t12-,13-/m1/s1. The Bertz CT molecular complexity index is 422. The summed E-state index contributed by atoms with van der Waals surface area (Å²) < 4.78 is 1.06. The predicted octanol–water partition coefficient (Wildman–Crippen LogP) is 3.18. The van der Waals surface area contributed by atoms with E-state index in [1.807, 2.05) is 12.1 Å². The molecular weight excluding hydrogens is 294 g/mol. The van der Waals surface area contributed by atoms with Crippen LogP contribution in [-0.2, 0) is 11.3 Å². The summed E-state index contributed by atoms with van der Waals surface area (Å²) in [5.74, 6) is -0.896. The zero-order chi connectivity index (χ0) is 13.0. The largest absolute Gasteiger partial charge is 0.481 e. The first-order chi connectivity index (χ1) is 8.66. The molecule has 0 radical (unpaired) electrons. The van der Waals surface area contributed by atoms with E-state index in [4.69, 9.17) is 0 Å². The molecule has 98 valence electrons. The number of nitrogens with one attached hydrogen (secondary N) is 1. The molecule has 0 unspecified atom stereocenters. The Morgan fingerprint density at radius 1 is 1.39 bits per heavy atom. The van der Waals surface area contributed by atoms with Crippen LogP contribution in [0.3, 0.4) is 0 Å². The molecule has 2 N–H and O–H groups in total. The lowest BCUT2D eigenvalue weighted by Gasteiger charge is -2.29. The van der Waals surface area contributed by atoms with Crippen LogP contribution in [0.1, 0.15) is 31.2 Å². The molecule has 0 saturated heterocycles. The van der Waals surface area contributed by atoms with Crippen LogP contribution in [0.5, 0.6) is 0 Å². The first kappa shape index (κ1) is 13.6. The van der Waals surface area contributed by atoms with E-state index in [0.717, 1.165) is 36.7 Å². The van der Waals surface area contributed by atoms with E-state index in [0.29, 0.717) is 0 Å². The Labute approximate surface area is 116 Å². The molecular formula is C14H18BrNO2. The Morgan fingerprint density at radius 3 is 2.89 bits per heavy atom. The van der Waals surface area contributed by atoms with E-state index in [9.17, 15) is 9.90 Å². The molecule has 0 amide bonds. The van der Waals surface area contributed by atoms with Gasteiger partial charge in [0.05, 0.1) is 5.92 Å². The average Bonchev–Trinajstić information content (AvgIpc) is 2.37. The minimum Gasteiger partial charge on any atom is -0.481 e. The maximum Gasteiger partial charge on any atom is 0.308 e. The SMILES string of the molecule is O=C(O)[C@@H]1CCCC[C@H]1NCc1cccc(Br)c1. The quantitative estimate of drug-likeness (QED) is 0.898. The molecule has 3 nitrogen and oxygen atoms in total. The number of hydrogen-bond acceptors (Lipinski definition) is 2. The van der Waals surface area contributed by atoms with Crippen molar-refractivity contribution < 1.29 is 9.90 Å². The highest BCUT2D eigenvalue weighted by atomic mass is 79.9. The van der Waals surface area contributed by atoms with Gasteiger partial charge < -0.3 is 10.4 Å². The molecule has 0 heterocycles. The third-order valence-corrected chi connectivity index (χ3v) is 4.03. The molecule has 0 bridgehead atoms. The highest BCUT2D eigenvalue weighted by Crippen LogP contribution is 2.25. The van der Waals surface area contributed by atoms with Gasteiger partial charge in [-0.25, -0.2) is 0 Å². The highest BCUT2D eigenvalue weighted by Gasteiger charge is 2.30. The Balaban J connectivity index is 1.93. The normalized spacial score (nSPS) is 23.8. The second-order valence-corrected chi connectivity index (χ2v) is 5.76. The van der Waals surface area contributed by atoms with E-state index < -0.39 is 5.97 Å². The van der Waals surface area contributed by atoms with E-state index in [2.05, 4.69) is 33.4 Å². The van der Waals surface area contributed by atoms with Gasteiger partial charge in [-0.05, 0) is 30.5 Å². The summed E-state index contributed by atoms with van der Waals surface area (Å²) >= 11 is 3.44. The second kappa shape index (κ2) is 6.34. The van der Waals surface area contributed by atoms with Crippen LogP contribution in [0.2, 0.25) is 0 Å². The van der Waals surface area contributed by atoms with Crippen molar-refractivity contribution in [3.05, 3.63) is 34.3 Å². The number of rotatable bonds is 4. The minimum atomic E-state index is -0.665. The third kappa shape index (κ3) is 3.56. The van der Waals surface area contributed by atoms with Crippen LogP contribution in [0.15, 0.2) is 28.7 Å². The summed E-state index contributed by atoms with van der Waals surface area (Å²) in [6.45, 7) is 0.730. The fourth-order valence-corrected chi connectivity index (χ4v) is 3.01. The molecule has 4 heteroatoms. The number of halogens is 1. The van der Waals surface area contributed by atoms with E-state index >= 15 is 0 Å². The van der Waals surface area contributed by atoms with Gasteiger partial charge in [0.1, 0.15) is 0 Å². The number of carboxylic acid groups (broad SMARTS) is 1. The van der Waals surface area contributed by atoms with Gasteiger partial charge in [0.15, 0.2) is 0 Å². The smallest absolute Gasteiger partial charge is 0.308 e. The van der Waals surface area contributed by atoms with Gasteiger partial charge in [-0.3, -0.25) is 4.79 Å². The summed E-state index contributed by atoms with van der Waals surface area (Å²) in [4.78, 5) is 11.2. The van der Waals surface area contributed by atoms with Crippen LogP contribution in [-0.4, -0.2) is 17.1 Å². The van der Waals surface area contributed by atoms with Crippen molar-refractivity contribution in [2.75, 3.05) is 0 Å². The molecule has 2 rings (SSSR count). The number of hydrogen-bond donors (Lipinski definition) is 2. The van der Waals surface area contributed by atoms with Gasteiger partial charge in [-0.1, -0.05) is 40.9 Å². The molecule has 1 saturated carbocycles. The van der Waals surface area contributed by atoms with Gasteiger partial charge in [0.2, 0.25) is 0 Å². The Morgan fingerprint density at radius 2 is 2.17 bits per heavy atom. The van der Waals surface area contributed by atoms with E-state index in [1.54, 1.807) is 0 Å². The Hall–Kier alpha value is -0.870. The molecule has 1 aliphatic rings. The van der Waals surface area contributed by atoms with Gasteiger partial charge >= 0.3 is 5.97 Å². The third-order valence-electron chi connectivity index (χ3n) is 3.54. The lowest BCUT2D eigenvalue weighted by atomic mass is 9.84. The van der Waals surface area contributed by atoms with Crippen molar-refractivity contribution in [1.29, 1.82) is 0 Å². The lowest BCUT2D eigenvalue weighted by Crippen LogP contribution is -2.41. The molecule has 0 spiro atoms. The van der Waals surface area contributed by atoms with E-state index in [1.165, 1.54) is 5.56 Å². The van der Waals surface area contributed by atoms with Crippen molar-refractivity contribution >= 4 is 21.9 Å². The highest BCUT2D eigenvalue weighted by molar-refractivity contribution is 9.10. The minimum absolute atomic E-state index is 0.107. The van der Waals surface area contributed by atoms with Crippen molar-refractivity contribution in [2.24, 2.45) is 5.92 Å². The monoisotopic (exact) mass is 311 g/mol. The molecule has 0 aliphatic heterocycles. The van der Waals surface area contributed by atoms with Crippen LogP contribution in [0.25, 0.3) is 0 Å². The zero-order valence-corrected chi connectivity index (χ0v) is 11.8. The number of carboxylic acids is 1. The molecule has 1 aromatic carbocycles. The van der Waals surface area contributed by atoms with Crippen molar-refractivity contribution in [2.45, 2.75) is 38.3 Å². The lowest BCUT2D eigenvalue weighted by molar-refractivity contribution is -0.143.